The lowest BCUT2D eigenvalue weighted by atomic mass is 9.95. The van der Waals surface area contributed by atoms with Gasteiger partial charge in [-0.25, -0.2) is 0 Å². The third kappa shape index (κ3) is 3.60. The summed E-state index contributed by atoms with van der Waals surface area (Å²) in [4.78, 5) is 38.1. The summed E-state index contributed by atoms with van der Waals surface area (Å²) < 4.78 is 4.77. The first kappa shape index (κ1) is 16.9. The van der Waals surface area contributed by atoms with Crippen LogP contribution in [0.25, 0.3) is 0 Å². The zero-order valence-corrected chi connectivity index (χ0v) is 14.0. The highest BCUT2D eigenvalue weighted by Crippen LogP contribution is 2.25. The van der Waals surface area contributed by atoms with E-state index in [9.17, 15) is 14.4 Å². The molecule has 5 nitrogen and oxygen atoms in total. The Bertz CT molecular complexity index is 765. The third-order valence-electron chi connectivity index (χ3n) is 4.37. The van der Waals surface area contributed by atoms with E-state index in [0.717, 1.165) is 5.56 Å². The molecular formula is C20H19NO4. The lowest BCUT2D eigenvalue weighted by molar-refractivity contribution is -0.141. The molecule has 128 valence electrons. The normalized spacial score (nSPS) is 14.4. The number of fused-ring (bicyclic) bond motifs is 1. The van der Waals surface area contributed by atoms with Gasteiger partial charge in [-0.15, -0.1) is 0 Å². The molecule has 1 aliphatic heterocycles. The van der Waals surface area contributed by atoms with Gasteiger partial charge in [0.05, 0.1) is 24.7 Å². The van der Waals surface area contributed by atoms with E-state index >= 15 is 0 Å². The summed E-state index contributed by atoms with van der Waals surface area (Å²) >= 11 is 0. The summed E-state index contributed by atoms with van der Waals surface area (Å²) in [7, 11) is 1.34. The molecule has 0 fully saturated rings. The fraction of sp³-hybridized carbons (Fsp3) is 0.250. The molecule has 0 bridgehead atoms. The molecule has 0 aromatic heterocycles. The Balaban J connectivity index is 1.79. The summed E-state index contributed by atoms with van der Waals surface area (Å²) in [5.41, 5.74) is 1.89. The van der Waals surface area contributed by atoms with Crippen molar-refractivity contribution in [2.24, 2.45) is 5.92 Å². The van der Waals surface area contributed by atoms with Crippen LogP contribution in [-0.2, 0) is 16.0 Å². The summed E-state index contributed by atoms with van der Waals surface area (Å²) in [6, 6.07) is 16.5. The van der Waals surface area contributed by atoms with Crippen molar-refractivity contribution >= 4 is 17.8 Å². The lowest BCUT2D eigenvalue weighted by Crippen LogP contribution is -2.36. The maximum Gasteiger partial charge on any atom is 0.305 e. The Morgan fingerprint density at radius 1 is 0.960 bits per heavy atom. The molecule has 1 heterocycles. The number of hydrogen-bond donors (Lipinski definition) is 0. The van der Waals surface area contributed by atoms with Gasteiger partial charge in [0.1, 0.15) is 0 Å². The second-order valence-corrected chi connectivity index (χ2v) is 6.10. The number of methoxy groups -OCH3 is 1. The van der Waals surface area contributed by atoms with Gasteiger partial charge >= 0.3 is 5.97 Å². The van der Waals surface area contributed by atoms with Crippen molar-refractivity contribution in [3.05, 3.63) is 71.3 Å². The van der Waals surface area contributed by atoms with Gasteiger partial charge in [0.25, 0.3) is 11.8 Å². The van der Waals surface area contributed by atoms with Crippen LogP contribution < -0.4 is 0 Å². The highest BCUT2D eigenvalue weighted by Gasteiger charge is 2.36. The molecule has 0 saturated carbocycles. The monoisotopic (exact) mass is 337 g/mol. The van der Waals surface area contributed by atoms with Gasteiger partial charge in [0, 0.05) is 6.54 Å². The second kappa shape index (κ2) is 7.30. The van der Waals surface area contributed by atoms with Crippen molar-refractivity contribution < 1.29 is 19.1 Å². The molecule has 0 radical (unpaired) electrons. The zero-order valence-electron chi connectivity index (χ0n) is 14.0. The van der Waals surface area contributed by atoms with E-state index in [0.29, 0.717) is 17.5 Å². The Hall–Kier alpha value is -2.95. The van der Waals surface area contributed by atoms with Gasteiger partial charge in [0.15, 0.2) is 0 Å². The van der Waals surface area contributed by atoms with Crippen LogP contribution in [0.1, 0.15) is 32.7 Å². The maximum atomic E-state index is 12.5. The molecule has 0 saturated heterocycles. The van der Waals surface area contributed by atoms with E-state index in [1.807, 2.05) is 30.3 Å². The third-order valence-corrected chi connectivity index (χ3v) is 4.37. The van der Waals surface area contributed by atoms with E-state index in [1.54, 1.807) is 24.3 Å². The van der Waals surface area contributed by atoms with E-state index in [2.05, 4.69) is 0 Å². The molecule has 2 aromatic rings. The summed E-state index contributed by atoms with van der Waals surface area (Å²) in [6.07, 6.45) is 0.738. The van der Waals surface area contributed by atoms with Gasteiger partial charge in [-0.2, -0.15) is 0 Å². The first-order chi connectivity index (χ1) is 12.1. The number of carbonyl (C=O) groups excluding carboxylic acids is 3. The first-order valence-corrected chi connectivity index (χ1v) is 8.16. The van der Waals surface area contributed by atoms with Crippen LogP contribution in [0.4, 0.5) is 0 Å². The number of benzene rings is 2. The first-order valence-electron chi connectivity index (χ1n) is 8.16. The fourth-order valence-electron chi connectivity index (χ4n) is 3.13. The summed E-state index contributed by atoms with van der Waals surface area (Å²) in [5, 5.41) is 0. The lowest BCUT2D eigenvalue weighted by Gasteiger charge is -2.22. The zero-order chi connectivity index (χ0) is 17.8. The molecular weight excluding hydrogens is 318 g/mol. The topological polar surface area (TPSA) is 63.7 Å². The number of esters is 1. The molecule has 5 heteroatoms. The molecule has 25 heavy (non-hydrogen) atoms. The molecule has 2 amide bonds. The largest absolute Gasteiger partial charge is 0.469 e. The van der Waals surface area contributed by atoms with Crippen molar-refractivity contribution in [1.82, 2.24) is 4.90 Å². The van der Waals surface area contributed by atoms with Gasteiger partial charge in [-0.1, -0.05) is 42.5 Å². The van der Waals surface area contributed by atoms with Crippen LogP contribution in [-0.4, -0.2) is 36.3 Å². The Morgan fingerprint density at radius 2 is 1.52 bits per heavy atom. The Labute approximate surface area is 146 Å². The van der Waals surface area contributed by atoms with Crippen molar-refractivity contribution in [2.45, 2.75) is 12.8 Å². The standard InChI is InChI=1S/C20H19NO4/c1-25-18(22)12-15(11-14-7-3-2-4-8-14)13-21-19(23)16-9-5-6-10-17(16)20(21)24/h2-10,15H,11-13H2,1H3. The smallest absolute Gasteiger partial charge is 0.305 e. The fourth-order valence-corrected chi connectivity index (χ4v) is 3.13. The maximum absolute atomic E-state index is 12.5. The van der Waals surface area contributed by atoms with Crippen LogP contribution >= 0.6 is 0 Å². The number of hydrogen-bond acceptors (Lipinski definition) is 4. The Morgan fingerprint density at radius 3 is 2.08 bits per heavy atom. The number of carbonyl (C=O) groups is 3. The van der Waals surface area contributed by atoms with E-state index < -0.39 is 0 Å². The number of imide groups is 1. The SMILES string of the molecule is COC(=O)CC(Cc1ccccc1)CN1C(=O)c2ccccc2C1=O. The quantitative estimate of drug-likeness (QED) is 0.600. The summed E-state index contributed by atoms with van der Waals surface area (Å²) in [5.74, 6) is -1.15. The van der Waals surface area contributed by atoms with E-state index in [4.69, 9.17) is 4.74 Å². The highest BCUT2D eigenvalue weighted by molar-refractivity contribution is 6.21. The van der Waals surface area contributed by atoms with Gasteiger partial charge in [0.2, 0.25) is 0 Å². The molecule has 1 unspecified atom stereocenters. The van der Waals surface area contributed by atoms with Gasteiger partial charge in [-0.3, -0.25) is 19.3 Å². The number of nitrogens with zero attached hydrogens (tertiary/aromatic N) is 1. The average molecular weight is 337 g/mol. The predicted molar refractivity (Wildman–Crippen MR) is 92.1 cm³/mol. The minimum Gasteiger partial charge on any atom is -0.469 e. The molecule has 2 aromatic carbocycles. The van der Waals surface area contributed by atoms with Crippen LogP contribution in [0.3, 0.4) is 0 Å². The van der Waals surface area contributed by atoms with Crippen LogP contribution in [0.5, 0.6) is 0 Å². The van der Waals surface area contributed by atoms with Crippen LogP contribution in [0, 0.1) is 5.92 Å². The van der Waals surface area contributed by atoms with Crippen molar-refractivity contribution in [3.8, 4) is 0 Å². The number of rotatable bonds is 6. The molecule has 3 rings (SSSR count). The van der Waals surface area contributed by atoms with Crippen LogP contribution in [0.15, 0.2) is 54.6 Å². The van der Waals surface area contributed by atoms with Crippen molar-refractivity contribution in [2.75, 3.05) is 13.7 Å². The van der Waals surface area contributed by atoms with E-state index in [1.165, 1.54) is 12.0 Å². The minimum atomic E-state index is -0.349. The number of amides is 2. The van der Waals surface area contributed by atoms with E-state index in [-0.39, 0.29) is 36.7 Å². The second-order valence-electron chi connectivity index (χ2n) is 6.10. The molecule has 1 atom stereocenters. The Kier molecular flexibility index (Phi) is 4.93. The van der Waals surface area contributed by atoms with Gasteiger partial charge < -0.3 is 4.74 Å². The summed E-state index contributed by atoms with van der Waals surface area (Å²) in [6.45, 7) is 0.191. The highest BCUT2D eigenvalue weighted by atomic mass is 16.5. The van der Waals surface area contributed by atoms with Crippen molar-refractivity contribution in [1.29, 1.82) is 0 Å². The molecule has 0 spiro atoms. The predicted octanol–water partition coefficient (Wildman–Crippen LogP) is 2.70. The minimum absolute atomic E-state index is 0.152. The molecule has 0 aliphatic carbocycles. The van der Waals surface area contributed by atoms with Crippen molar-refractivity contribution in [3.63, 3.8) is 0 Å². The molecule has 0 N–H and O–H groups in total. The van der Waals surface area contributed by atoms with Gasteiger partial charge in [-0.05, 0) is 30.0 Å². The van der Waals surface area contributed by atoms with Crippen LogP contribution in [0.2, 0.25) is 0 Å². The molecule has 1 aliphatic rings. The average Bonchev–Trinajstić information content (AvgIpc) is 2.87. The number of ether oxygens (including phenoxy) is 1.